The van der Waals surface area contributed by atoms with Gasteiger partial charge in [-0.25, -0.2) is 0 Å². The molecule has 0 bridgehead atoms. The van der Waals surface area contributed by atoms with Crippen molar-refractivity contribution in [2.45, 2.75) is 31.5 Å². The Morgan fingerprint density at radius 3 is 2.72 bits per heavy atom. The van der Waals surface area contributed by atoms with Gasteiger partial charge in [-0.05, 0) is 43.5 Å². The van der Waals surface area contributed by atoms with Gasteiger partial charge in [0.1, 0.15) is 0 Å². The van der Waals surface area contributed by atoms with Crippen LogP contribution in [0.1, 0.15) is 24.8 Å². The fourth-order valence-corrected chi connectivity index (χ4v) is 2.51. The summed E-state index contributed by atoms with van der Waals surface area (Å²) in [4.78, 5) is 0. The summed E-state index contributed by atoms with van der Waals surface area (Å²) in [6.07, 6.45) is -1.19. The molecule has 1 aliphatic carbocycles. The van der Waals surface area contributed by atoms with E-state index in [-0.39, 0.29) is 6.04 Å². The van der Waals surface area contributed by atoms with Gasteiger partial charge in [0.25, 0.3) is 0 Å². The first-order valence-electron chi connectivity index (χ1n) is 6.14. The van der Waals surface area contributed by atoms with Crippen molar-refractivity contribution in [2.75, 3.05) is 11.9 Å². The molecule has 1 fully saturated rings. The first kappa shape index (κ1) is 13.2. The van der Waals surface area contributed by atoms with E-state index in [9.17, 15) is 13.2 Å². The van der Waals surface area contributed by atoms with Crippen molar-refractivity contribution in [1.82, 2.24) is 0 Å². The lowest BCUT2D eigenvalue weighted by atomic mass is 10.0. The summed E-state index contributed by atoms with van der Waals surface area (Å²) >= 11 is 0. The maximum Gasteiger partial charge on any atom is 0.416 e. The third kappa shape index (κ3) is 2.96. The Balaban J connectivity index is 2.10. The molecule has 5 heteroatoms. The van der Waals surface area contributed by atoms with Gasteiger partial charge in [0, 0.05) is 11.7 Å². The number of hydrogen-bond donors (Lipinski definition) is 2. The minimum absolute atomic E-state index is 0.193. The number of alkyl halides is 3. The number of rotatable bonds is 3. The predicted molar refractivity (Wildman–Crippen MR) is 65.3 cm³/mol. The lowest BCUT2D eigenvalue weighted by molar-refractivity contribution is -0.137. The van der Waals surface area contributed by atoms with E-state index < -0.39 is 11.7 Å². The molecule has 0 saturated heterocycles. The molecule has 2 nitrogen and oxygen atoms in total. The fraction of sp³-hybridized carbons (Fsp3) is 0.538. The van der Waals surface area contributed by atoms with Crippen LogP contribution in [-0.4, -0.2) is 12.6 Å². The van der Waals surface area contributed by atoms with Crippen molar-refractivity contribution in [3.8, 4) is 0 Å². The van der Waals surface area contributed by atoms with Gasteiger partial charge in [-0.15, -0.1) is 0 Å². The van der Waals surface area contributed by atoms with E-state index in [0.29, 0.717) is 18.2 Å². The predicted octanol–water partition coefficient (Wildman–Crippen LogP) is 3.24. The molecule has 1 saturated carbocycles. The van der Waals surface area contributed by atoms with Crippen LogP contribution in [0.5, 0.6) is 0 Å². The zero-order chi connectivity index (χ0) is 13.2. The van der Waals surface area contributed by atoms with Crippen molar-refractivity contribution in [1.29, 1.82) is 0 Å². The molecular formula is C13H17F3N2. The second-order valence-electron chi connectivity index (χ2n) is 4.76. The average Bonchev–Trinajstić information content (AvgIpc) is 2.75. The standard InChI is InChI=1S/C13H17F3N2/c14-13(15,16)10-4-2-5-11(7-10)18-12-6-1-3-9(12)8-17/h2,4-5,7,9,12,18H,1,3,6,8,17H2. The number of hydrogen-bond acceptors (Lipinski definition) is 2. The van der Waals surface area contributed by atoms with E-state index in [1.165, 1.54) is 6.07 Å². The quantitative estimate of drug-likeness (QED) is 0.873. The molecule has 0 aliphatic heterocycles. The van der Waals surface area contributed by atoms with Crippen LogP contribution in [0.25, 0.3) is 0 Å². The van der Waals surface area contributed by atoms with Crippen molar-refractivity contribution in [2.24, 2.45) is 11.7 Å². The normalized spacial score (nSPS) is 24.2. The summed E-state index contributed by atoms with van der Waals surface area (Å²) in [6, 6.07) is 5.53. The highest BCUT2D eigenvalue weighted by Gasteiger charge is 2.31. The van der Waals surface area contributed by atoms with Gasteiger partial charge < -0.3 is 11.1 Å². The highest BCUT2D eigenvalue weighted by Crippen LogP contribution is 2.32. The summed E-state index contributed by atoms with van der Waals surface area (Å²) in [6.45, 7) is 0.580. The summed E-state index contributed by atoms with van der Waals surface area (Å²) in [5.41, 5.74) is 5.56. The molecule has 0 heterocycles. The Labute approximate surface area is 104 Å². The molecule has 2 unspecified atom stereocenters. The van der Waals surface area contributed by atoms with Crippen LogP contribution in [0.4, 0.5) is 18.9 Å². The van der Waals surface area contributed by atoms with Gasteiger partial charge in [-0.1, -0.05) is 12.5 Å². The molecule has 100 valence electrons. The SMILES string of the molecule is NCC1CCCC1Nc1cccc(C(F)(F)F)c1. The monoisotopic (exact) mass is 258 g/mol. The molecule has 0 aromatic heterocycles. The van der Waals surface area contributed by atoms with E-state index in [1.54, 1.807) is 6.07 Å². The molecule has 0 amide bonds. The first-order valence-corrected chi connectivity index (χ1v) is 6.14. The van der Waals surface area contributed by atoms with Gasteiger partial charge in [0.15, 0.2) is 0 Å². The molecule has 0 spiro atoms. The van der Waals surface area contributed by atoms with Crippen LogP contribution in [0, 0.1) is 5.92 Å². The summed E-state index contributed by atoms with van der Waals surface area (Å²) in [7, 11) is 0. The van der Waals surface area contributed by atoms with Gasteiger partial charge in [0.05, 0.1) is 5.56 Å². The molecule has 1 aromatic carbocycles. The third-order valence-electron chi connectivity index (χ3n) is 3.50. The number of benzene rings is 1. The van der Waals surface area contributed by atoms with Gasteiger partial charge >= 0.3 is 6.18 Å². The van der Waals surface area contributed by atoms with Crippen molar-refractivity contribution in [3.05, 3.63) is 29.8 Å². The minimum atomic E-state index is -4.29. The first-order chi connectivity index (χ1) is 8.50. The second-order valence-corrected chi connectivity index (χ2v) is 4.76. The van der Waals surface area contributed by atoms with Crippen LogP contribution in [-0.2, 0) is 6.18 Å². The van der Waals surface area contributed by atoms with Crippen LogP contribution in [0.15, 0.2) is 24.3 Å². The summed E-state index contributed by atoms with van der Waals surface area (Å²) in [5, 5.41) is 3.17. The van der Waals surface area contributed by atoms with Gasteiger partial charge in [-0.2, -0.15) is 13.2 Å². The van der Waals surface area contributed by atoms with E-state index in [4.69, 9.17) is 5.73 Å². The van der Waals surface area contributed by atoms with Crippen molar-refractivity contribution in [3.63, 3.8) is 0 Å². The Hall–Kier alpha value is -1.23. The largest absolute Gasteiger partial charge is 0.416 e. The minimum Gasteiger partial charge on any atom is -0.382 e. The van der Waals surface area contributed by atoms with Crippen molar-refractivity contribution >= 4 is 5.69 Å². The number of anilines is 1. The third-order valence-corrected chi connectivity index (χ3v) is 3.50. The smallest absolute Gasteiger partial charge is 0.382 e. The molecule has 1 aromatic rings. The van der Waals surface area contributed by atoms with Gasteiger partial charge in [0.2, 0.25) is 0 Å². The van der Waals surface area contributed by atoms with Crippen LogP contribution in [0.2, 0.25) is 0 Å². The van der Waals surface area contributed by atoms with Crippen LogP contribution < -0.4 is 11.1 Å². The summed E-state index contributed by atoms with van der Waals surface area (Å²) < 4.78 is 37.7. The molecule has 3 N–H and O–H groups in total. The lowest BCUT2D eigenvalue weighted by Gasteiger charge is -2.21. The zero-order valence-electron chi connectivity index (χ0n) is 10.0. The Kier molecular flexibility index (Phi) is 3.80. The second kappa shape index (κ2) is 5.18. The molecule has 18 heavy (non-hydrogen) atoms. The average molecular weight is 258 g/mol. The molecule has 2 atom stereocenters. The molecule has 0 radical (unpaired) electrons. The Bertz CT molecular complexity index is 403. The topological polar surface area (TPSA) is 38.0 Å². The highest BCUT2D eigenvalue weighted by molar-refractivity contribution is 5.47. The van der Waals surface area contributed by atoms with E-state index in [0.717, 1.165) is 31.4 Å². The highest BCUT2D eigenvalue weighted by atomic mass is 19.4. The van der Waals surface area contributed by atoms with Crippen molar-refractivity contribution < 1.29 is 13.2 Å². The van der Waals surface area contributed by atoms with Crippen LogP contribution >= 0.6 is 0 Å². The summed E-state index contributed by atoms with van der Waals surface area (Å²) in [5.74, 6) is 0.361. The number of nitrogens with two attached hydrogens (primary N) is 1. The molecule has 2 rings (SSSR count). The fourth-order valence-electron chi connectivity index (χ4n) is 2.51. The zero-order valence-corrected chi connectivity index (χ0v) is 10.0. The number of halogens is 3. The van der Waals surface area contributed by atoms with E-state index >= 15 is 0 Å². The lowest BCUT2D eigenvalue weighted by Crippen LogP contribution is -2.29. The Morgan fingerprint density at radius 2 is 2.06 bits per heavy atom. The van der Waals surface area contributed by atoms with E-state index in [2.05, 4.69) is 5.32 Å². The molecule has 1 aliphatic rings. The van der Waals surface area contributed by atoms with Crippen LogP contribution in [0.3, 0.4) is 0 Å². The Morgan fingerprint density at radius 1 is 1.28 bits per heavy atom. The maximum atomic E-state index is 12.6. The van der Waals surface area contributed by atoms with Gasteiger partial charge in [-0.3, -0.25) is 0 Å². The maximum absolute atomic E-state index is 12.6. The van der Waals surface area contributed by atoms with E-state index in [1.807, 2.05) is 0 Å². The molecular weight excluding hydrogens is 241 g/mol. The number of nitrogens with one attached hydrogen (secondary N) is 1.